The molecule has 0 spiro atoms. The SMILES string of the molecule is CC(C)Oc1ccc(OC2CCN(C(=O)OC(C)(C)C)CC2)cc1. The van der Waals surface area contributed by atoms with Crippen molar-refractivity contribution in [2.75, 3.05) is 13.1 Å². The summed E-state index contributed by atoms with van der Waals surface area (Å²) in [4.78, 5) is 13.8. The average molecular weight is 335 g/mol. The molecule has 1 aromatic rings. The number of piperidine rings is 1. The standard InChI is InChI=1S/C19H29NO4/c1-14(2)22-15-6-8-16(9-7-15)23-17-10-12-20(13-11-17)18(21)24-19(3,4)5/h6-9,14,17H,10-13H2,1-5H3. The Bertz CT molecular complexity index is 525. The van der Waals surface area contributed by atoms with Gasteiger partial charge in [0.05, 0.1) is 6.10 Å². The van der Waals surface area contributed by atoms with Gasteiger partial charge in [0.15, 0.2) is 0 Å². The normalized spacial score (nSPS) is 16.2. The van der Waals surface area contributed by atoms with Gasteiger partial charge in [-0.15, -0.1) is 0 Å². The van der Waals surface area contributed by atoms with Gasteiger partial charge in [-0.1, -0.05) is 0 Å². The van der Waals surface area contributed by atoms with Gasteiger partial charge in [-0.25, -0.2) is 4.79 Å². The molecule has 0 bridgehead atoms. The van der Waals surface area contributed by atoms with E-state index in [1.165, 1.54) is 0 Å². The molecule has 1 aliphatic rings. The van der Waals surface area contributed by atoms with Crippen LogP contribution in [0.4, 0.5) is 4.79 Å². The molecule has 1 saturated heterocycles. The summed E-state index contributed by atoms with van der Waals surface area (Å²) in [5.74, 6) is 1.68. The molecule has 1 fully saturated rings. The number of hydrogen-bond acceptors (Lipinski definition) is 4. The van der Waals surface area contributed by atoms with Crippen molar-refractivity contribution in [1.29, 1.82) is 0 Å². The summed E-state index contributed by atoms with van der Waals surface area (Å²) in [6, 6.07) is 7.70. The maximum absolute atomic E-state index is 12.1. The number of hydrogen-bond donors (Lipinski definition) is 0. The van der Waals surface area contributed by atoms with Crippen LogP contribution in [-0.2, 0) is 4.74 Å². The minimum absolute atomic E-state index is 0.126. The molecule has 0 atom stereocenters. The van der Waals surface area contributed by atoms with E-state index in [1.54, 1.807) is 4.90 Å². The van der Waals surface area contributed by atoms with Crippen LogP contribution in [0, 0.1) is 0 Å². The van der Waals surface area contributed by atoms with Crippen LogP contribution in [0.25, 0.3) is 0 Å². The summed E-state index contributed by atoms with van der Waals surface area (Å²) < 4.78 is 17.0. The Labute approximate surface area is 144 Å². The summed E-state index contributed by atoms with van der Waals surface area (Å²) in [5.41, 5.74) is -0.454. The van der Waals surface area contributed by atoms with Gasteiger partial charge in [0.25, 0.3) is 0 Å². The summed E-state index contributed by atoms with van der Waals surface area (Å²) in [5, 5.41) is 0. The zero-order chi connectivity index (χ0) is 17.7. The van der Waals surface area contributed by atoms with E-state index in [2.05, 4.69) is 0 Å². The average Bonchev–Trinajstić information content (AvgIpc) is 2.48. The monoisotopic (exact) mass is 335 g/mol. The minimum atomic E-state index is -0.454. The molecule has 0 unspecified atom stereocenters. The Kier molecular flexibility index (Phi) is 5.97. The summed E-state index contributed by atoms with van der Waals surface area (Å²) in [6.07, 6.45) is 1.66. The second kappa shape index (κ2) is 7.77. The number of nitrogens with zero attached hydrogens (tertiary/aromatic N) is 1. The molecule has 2 rings (SSSR count). The van der Waals surface area contributed by atoms with Crippen molar-refractivity contribution >= 4 is 6.09 Å². The van der Waals surface area contributed by atoms with Crippen LogP contribution < -0.4 is 9.47 Å². The van der Waals surface area contributed by atoms with Crippen LogP contribution >= 0.6 is 0 Å². The molecule has 0 aliphatic carbocycles. The van der Waals surface area contributed by atoms with Crippen LogP contribution in [0.3, 0.4) is 0 Å². The number of benzene rings is 1. The molecule has 24 heavy (non-hydrogen) atoms. The van der Waals surface area contributed by atoms with E-state index in [-0.39, 0.29) is 18.3 Å². The molecule has 5 nitrogen and oxygen atoms in total. The highest BCUT2D eigenvalue weighted by atomic mass is 16.6. The van der Waals surface area contributed by atoms with Crippen molar-refractivity contribution in [2.24, 2.45) is 0 Å². The Morgan fingerprint density at radius 1 is 1.08 bits per heavy atom. The highest BCUT2D eigenvalue weighted by Crippen LogP contribution is 2.23. The molecule has 1 heterocycles. The van der Waals surface area contributed by atoms with Gasteiger partial charge in [-0.05, 0) is 58.9 Å². The van der Waals surface area contributed by atoms with Crippen molar-refractivity contribution in [2.45, 2.75) is 65.3 Å². The van der Waals surface area contributed by atoms with Crippen molar-refractivity contribution in [1.82, 2.24) is 4.90 Å². The lowest BCUT2D eigenvalue weighted by Gasteiger charge is -2.33. The smallest absolute Gasteiger partial charge is 0.410 e. The summed E-state index contributed by atoms with van der Waals surface area (Å²) >= 11 is 0. The molecular weight excluding hydrogens is 306 g/mol. The molecule has 0 radical (unpaired) electrons. The third-order valence-electron chi connectivity index (χ3n) is 3.59. The third-order valence-corrected chi connectivity index (χ3v) is 3.59. The van der Waals surface area contributed by atoms with E-state index in [0.717, 1.165) is 24.3 Å². The molecule has 5 heteroatoms. The van der Waals surface area contributed by atoms with Gasteiger partial charge in [0.2, 0.25) is 0 Å². The highest BCUT2D eigenvalue weighted by molar-refractivity contribution is 5.68. The first-order valence-corrected chi connectivity index (χ1v) is 8.64. The largest absolute Gasteiger partial charge is 0.491 e. The second-order valence-corrected chi connectivity index (χ2v) is 7.42. The fraction of sp³-hybridized carbons (Fsp3) is 0.632. The van der Waals surface area contributed by atoms with Crippen molar-refractivity contribution in [3.63, 3.8) is 0 Å². The van der Waals surface area contributed by atoms with E-state index >= 15 is 0 Å². The fourth-order valence-electron chi connectivity index (χ4n) is 2.54. The molecule has 1 aliphatic heterocycles. The first-order chi connectivity index (χ1) is 11.2. The molecule has 0 saturated carbocycles. The van der Waals surface area contributed by atoms with Crippen LogP contribution in [-0.4, -0.2) is 41.9 Å². The van der Waals surface area contributed by atoms with E-state index < -0.39 is 5.60 Å². The van der Waals surface area contributed by atoms with Gasteiger partial charge in [0, 0.05) is 25.9 Å². The number of carbonyl (C=O) groups excluding carboxylic acids is 1. The number of carbonyl (C=O) groups is 1. The van der Waals surface area contributed by atoms with E-state index in [1.807, 2.05) is 58.9 Å². The molecule has 1 amide bonds. The second-order valence-electron chi connectivity index (χ2n) is 7.42. The van der Waals surface area contributed by atoms with Crippen LogP contribution in [0.15, 0.2) is 24.3 Å². The van der Waals surface area contributed by atoms with E-state index in [9.17, 15) is 4.79 Å². The number of amides is 1. The van der Waals surface area contributed by atoms with Crippen LogP contribution in [0.2, 0.25) is 0 Å². The minimum Gasteiger partial charge on any atom is -0.491 e. The topological polar surface area (TPSA) is 48.0 Å². The van der Waals surface area contributed by atoms with Crippen molar-refractivity contribution in [3.05, 3.63) is 24.3 Å². The highest BCUT2D eigenvalue weighted by Gasteiger charge is 2.27. The predicted molar refractivity (Wildman–Crippen MR) is 93.7 cm³/mol. The molecule has 1 aromatic carbocycles. The number of ether oxygens (including phenoxy) is 3. The van der Waals surface area contributed by atoms with E-state index in [4.69, 9.17) is 14.2 Å². The third kappa shape index (κ3) is 5.95. The fourth-order valence-corrected chi connectivity index (χ4v) is 2.54. The van der Waals surface area contributed by atoms with Crippen molar-refractivity contribution in [3.8, 4) is 11.5 Å². The van der Waals surface area contributed by atoms with Gasteiger partial charge in [0.1, 0.15) is 23.2 Å². The quantitative estimate of drug-likeness (QED) is 0.825. The zero-order valence-electron chi connectivity index (χ0n) is 15.4. The van der Waals surface area contributed by atoms with Crippen LogP contribution in [0.5, 0.6) is 11.5 Å². The van der Waals surface area contributed by atoms with Crippen molar-refractivity contribution < 1.29 is 19.0 Å². The van der Waals surface area contributed by atoms with E-state index in [0.29, 0.717) is 13.1 Å². The number of rotatable bonds is 4. The lowest BCUT2D eigenvalue weighted by molar-refractivity contribution is 0.0126. The molecular formula is C19H29NO4. The molecule has 0 N–H and O–H groups in total. The summed E-state index contributed by atoms with van der Waals surface area (Å²) in [7, 11) is 0. The lowest BCUT2D eigenvalue weighted by Crippen LogP contribution is -2.44. The van der Waals surface area contributed by atoms with Gasteiger partial charge < -0.3 is 19.1 Å². The predicted octanol–water partition coefficient (Wildman–Crippen LogP) is 4.25. The maximum Gasteiger partial charge on any atom is 0.410 e. The maximum atomic E-state index is 12.1. The Morgan fingerprint density at radius 3 is 2.12 bits per heavy atom. The van der Waals surface area contributed by atoms with Crippen LogP contribution in [0.1, 0.15) is 47.5 Å². The first kappa shape index (κ1) is 18.4. The zero-order valence-corrected chi connectivity index (χ0v) is 15.4. The first-order valence-electron chi connectivity index (χ1n) is 8.64. The Balaban J connectivity index is 1.79. The van der Waals surface area contributed by atoms with Gasteiger partial charge in [-0.3, -0.25) is 0 Å². The molecule has 0 aromatic heterocycles. The summed E-state index contributed by atoms with van der Waals surface area (Å²) in [6.45, 7) is 11.0. The Morgan fingerprint density at radius 2 is 1.62 bits per heavy atom. The lowest BCUT2D eigenvalue weighted by atomic mass is 10.1. The van der Waals surface area contributed by atoms with Gasteiger partial charge in [-0.2, -0.15) is 0 Å². The molecule has 134 valence electrons. The van der Waals surface area contributed by atoms with Gasteiger partial charge >= 0.3 is 6.09 Å². The number of likely N-dealkylation sites (tertiary alicyclic amines) is 1. The Hall–Kier alpha value is -1.91.